The Bertz CT molecular complexity index is 1250. The molecule has 0 aliphatic rings. The van der Waals surface area contributed by atoms with Gasteiger partial charge in [-0.2, -0.15) is 0 Å². The van der Waals surface area contributed by atoms with Crippen LogP contribution in [-0.4, -0.2) is 37.2 Å². The van der Waals surface area contributed by atoms with E-state index < -0.39 is 6.10 Å². The predicted molar refractivity (Wildman–Crippen MR) is 274 cm³/mol. The first-order valence-corrected chi connectivity index (χ1v) is 26.6. The number of hydrogen-bond donors (Lipinski definition) is 0. The van der Waals surface area contributed by atoms with E-state index >= 15 is 0 Å². The van der Waals surface area contributed by atoms with Crippen molar-refractivity contribution in [2.24, 2.45) is 0 Å². The Hall–Kier alpha value is -3.41. The van der Waals surface area contributed by atoms with Crippen LogP contribution < -0.4 is 0 Å². The maximum absolute atomic E-state index is 12.8. The molecule has 0 aliphatic heterocycles. The van der Waals surface area contributed by atoms with E-state index in [1.54, 1.807) is 0 Å². The van der Waals surface area contributed by atoms with Gasteiger partial charge in [-0.1, -0.05) is 215 Å². The van der Waals surface area contributed by atoms with Crippen LogP contribution in [0.2, 0.25) is 0 Å². The molecule has 0 bridgehead atoms. The maximum Gasteiger partial charge on any atom is 0.306 e. The summed E-state index contributed by atoms with van der Waals surface area (Å²) in [6.45, 7) is 6.45. The molecule has 0 unspecified atom stereocenters. The lowest BCUT2D eigenvalue weighted by molar-refractivity contribution is -0.167. The van der Waals surface area contributed by atoms with Crippen LogP contribution in [0.4, 0.5) is 0 Å². The van der Waals surface area contributed by atoms with E-state index in [2.05, 4.69) is 106 Å². The normalized spacial score (nSPS) is 12.7. The summed E-state index contributed by atoms with van der Waals surface area (Å²) in [5.41, 5.74) is 0. The molecule has 6 nitrogen and oxygen atoms in total. The highest BCUT2D eigenvalue weighted by molar-refractivity contribution is 5.71. The van der Waals surface area contributed by atoms with Crippen molar-refractivity contribution in [3.63, 3.8) is 0 Å². The lowest BCUT2D eigenvalue weighted by atomic mass is 10.0. The Balaban J connectivity index is 4.44. The second kappa shape index (κ2) is 52.2. The van der Waals surface area contributed by atoms with Crippen molar-refractivity contribution in [1.82, 2.24) is 0 Å². The first-order valence-electron chi connectivity index (χ1n) is 26.6. The zero-order valence-electron chi connectivity index (χ0n) is 41.8. The van der Waals surface area contributed by atoms with Crippen molar-refractivity contribution in [2.75, 3.05) is 13.2 Å². The quantitative estimate of drug-likeness (QED) is 0.0262. The molecular weight excluding hydrogens is 793 g/mol. The minimum atomic E-state index is -0.794. The fourth-order valence-electron chi connectivity index (χ4n) is 7.15. The molecule has 6 heteroatoms. The van der Waals surface area contributed by atoms with E-state index in [1.807, 2.05) is 0 Å². The first kappa shape index (κ1) is 60.6. The number of rotatable bonds is 47. The molecule has 64 heavy (non-hydrogen) atoms. The number of hydrogen-bond acceptors (Lipinski definition) is 6. The van der Waals surface area contributed by atoms with Gasteiger partial charge >= 0.3 is 17.9 Å². The molecule has 1 atom stereocenters. The van der Waals surface area contributed by atoms with Crippen molar-refractivity contribution in [2.45, 2.75) is 252 Å². The van der Waals surface area contributed by atoms with E-state index in [9.17, 15) is 14.4 Å². The van der Waals surface area contributed by atoms with E-state index in [4.69, 9.17) is 14.2 Å². The highest BCUT2D eigenvalue weighted by atomic mass is 16.6. The first-order chi connectivity index (χ1) is 31.5. The number of unbranched alkanes of at least 4 members (excludes halogenated alkanes) is 22. The smallest absolute Gasteiger partial charge is 0.306 e. The second-order valence-corrected chi connectivity index (χ2v) is 17.4. The molecule has 0 N–H and O–H groups in total. The van der Waals surface area contributed by atoms with Crippen LogP contribution in [0, 0.1) is 0 Å². The lowest BCUT2D eigenvalue weighted by Gasteiger charge is -2.18. The van der Waals surface area contributed by atoms with Crippen LogP contribution >= 0.6 is 0 Å². The van der Waals surface area contributed by atoms with Gasteiger partial charge in [0.15, 0.2) is 6.10 Å². The van der Waals surface area contributed by atoms with Crippen LogP contribution in [0.5, 0.6) is 0 Å². The molecule has 0 radical (unpaired) electrons. The number of esters is 3. The molecule has 0 aromatic rings. The molecule has 0 amide bonds. The number of allylic oxidation sites excluding steroid dienone is 14. The molecule has 0 aromatic carbocycles. The topological polar surface area (TPSA) is 78.9 Å². The maximum atomic E-state index is 12.8. The molecule has 0 saturated heterocycles. The molecular formula is C58H98O6. The van der Waals surface area contributed by atoms with E-state index in [0.29, 0.717) is 19.3 Å². The van der Waals surface area contributed by atoms with Gasteiger partial charge in [0, 0.05) is 19.3 Å². The van der Waals surface area contributed by atoms with Gasteiger partial charge in [-0.15, -0.1) is 0 Å². The van der Waals surface area contributed by atoms with Gasteiger partial charge in [0.2, 0.25) is 0 Å². The molecule has 0 aliphatic carbocycles. The van der Waals surface area contributed by atoms with Crippen LogP contribution in [-0.2, 0) is 28.6 Å². The van der Waals surface area contributed by atoms with Crippen molar-refractivity contribution >= 4 is 17.9 Å². The summed E-state index contributed by atoms with van der Waals surface area (Å²) in [6.07, 6.45) is 67.0. The zero-order chi connectivity index (χ0) is 46.5. The fraction of sp³-hybridized carbons (Fsp3) is 0.707. The number of carbonyl (C=O) groups is 3. The largest absolute Gasteiger partial charge is 0.462 e. The van der Waals surface area contributed by atoms with Crippen LogP contribution in [0.1, 0.15) is 245 Å². The van der Waals surface area contributed by atoms with Crippen molar-refractivity contribution in [3.05, 3.63) is 85.1 Å². The van der Waals surface area contributed by atoms with Crippen molar-refractivity contribution < 1.29 is 28.6 Å². The fourth-order valence-corrected chi connectivity index (χ4v) is 7.15. The SMILES string of the molecule is CC/C=C\C/C=C\C/C=C\C/C=C\C/C=C\CCCCCC(=O)OC[C@H](COC(=O)CCCCCCC/C=C\C/C=C\CCCCC)OC(=O)CCCCCCCCCCCCCC. The average Bonchev–Trinajstić information content (AvgIpc) is 3.29. The van der Waals surface area contributed by atoms with Gasteiger partial charge in [0.25, 0.3) is 0 Å². The van der Waals surface area contributed by atoms with Gasteiger partial charge in [0.1, 0.15) is 13.2 Å². The molecule has 0 spiro atoms. The molecule has 366 valence electrons. The zero-order valence-corrected chi connectivity index (χ0v) is 41.8. The average molecular weight is 891 g/mol. The summed E-state index contributed by atoms with van der Waals surface area (Å²) in [5, 5.41) is 0. The van der Waals surface area contributed by atoms with Crippen LogP contribution in [0.3, 0.4) is 0 Å². The number of ether oxygens (including phenoxy) is 3. The Morgan fingerprint density at radius 3 is 1.00 bits per heavy atom. The summed E-state index contributed by atoms with van der Waals surface area (Å²) >= 11 is 0. The van der Waals surface area contributed by atoms with E-state index in [-0.39, 0.29) is 31.1 Å². The van der Waals surface area contributed by atoms with Crippen molar-refractivity contribution in [1.29, 1.82) is 0 Å². The second-order valence-electron chi connectivity index (χ2n) is 17.4. The Labute approximate surface area is 395 Å². The Morgan fingerprint density at radius 2 is 0.609 bits per heavy atom. The van der Waals surface area contributed by atoms with E-state index in [1.165, 1.54) is 83.5 Å². The molecule has 0 rings (SSSR count). The summed E-state index contributed by atoms with van der Waals surface area (Å²) in [4.78, 5) is 38.0. The summed E-state index contributed by atoms with van der Waals surface area (Å²) in [7, 11) is 0. The van der Waals surface area contributed by atoms with Gasteiger partial charge in [0.05, 0.1) is 0 Å². The molecule has 0 fully saturated rings. The van der Waals surface area contributed by atoms with Crippen molar-refractivity contribution in [3.8, 4) is 0 Å². The molecule has 0 saturated carbocycles. The minimum absolute atomic E-state index is 0.0934. The summed E-state index contributed by atoms with van der Waals surface area (Å²) in [6, 6.07) is 0. The standard InChI is InChI=1S/C58H98O6/c1-4-7-10-13-16-19-22-25-27-28-29-30-32-34-37-39-42-45-48-51-57(60)63-54-55(64-58(61)52-49-46-43-40-35-24-21-18-15-12-9-6-3)53-62-56(59)50-47-44-41-38-36-33-31-26-23-20-17-14-11-8-5-2/h7,10,16-17,19-20,25-27,29-31,34,37,55H,4-6,8-9,11-15,18,21-24,28,32-33,35-36,38-54H2,1-3H3/b10-7-,19-16-,20-17-,27-25-,30-29-,31-26-,37-34-/t55-/m0/s1. The lowest BCUT2D eigenvalue weighted by Crippen LogP contribution is -2.30. The Kier molecular flexibility index (Phi) is 49.4. The van der Waals surface area contributed by atoms with Gasteiger partial charge < -0.3 is 14.2 Å². The molecule has 0 aromatic heterocycles. The third-order valence-corrected chi connectivity index (χ3v) is 11.1. The predicted octanol–water partition coefficient (Wildman–Crippen LogP) is 17.6. The monoisotopic (exact) mass is 891 g/mol. The Morgan fingerprint density at radius 1 is 0.328 bits per heavy atom. The van der Waals surface area contributed by atoms with Gasteiger partial charge in [-0.3, -0.25) is 14.4 Å². The molecule has 0 heterocycles. The third kappa shape index (κ3) is 49.6. The number of carbonyl (C=O) groups excluding carboxylic acids is 3. The minimum Gasteiger partial charge on any atom is -0.462 e. The highest BCUT2D eigenvalue weighted by Gasteiger charge is 2.19. The van der Waals surface area contributed by atoms with Crippen LogP contribution in [0.15, 0.2) is 85.1 Å². The summed E-state index contributed by atoms with van der Waals surface area (Å²) in [5.74, 6) is -0.937. The van der Waals surface area contributed by atoms with Gasteiger partial charge in [-0.25, -0.2) is 0 Å². The third-order valence-electron chi connectivity index (χ3n) is 11.1. The van der Waals surface area contributed by atoms with Gasteiger partial charge in [-0.05, 0) is 96.3 Å². The summed E-state index contributed by atoms with van der Waals surface area (Å²) < 4.78 is 16.8. The highest BCUT2D eigenvalue weighted by Crippen LogP contribution is 2.14. The van der Waals surface area contributed by atoms with Crippen LogP contribution in [0.25, 0.3) is 0 Å². The van der Waals surface area contributed by atoms with E-state index in [0.717, 1.165) is 122 Å².